The zero-order valence-electron chi connectivity index (χ0n) is 10.2. The molecule has 0 unspecified atom stereocenters. The zero-order chi connectivity index (χ0) is 13.5. The lowest BCUT2D eigenvalue weighted by Gasteiger charge is -2.04. The average molecular weight is 280 g/mol. The Morgan fingerprint density at radius 1 is 0.900 bits per heavy atom. The van der Waals surface area contributed by atoms with Crippen LogP contribution in [0.2, 0.25) is 0 Å². The summed E-state index contributed by atoms with van der Waals surface area (Å²) >= 11 is 1.16. The van der Waals surface area contributed by atoms with Crippen LogP contribution < -0.4 is 5.73 Å². The summed E-state index contributed by atoms with van der Waals surface area (Å²) in [5.41, 5.74) is 10.1. The Hall–Kier alpha value is -2.67. The Morgan fingerprint density at radius 3 is 2.75 bits per heavy atom. The third-order valence-corrected chi connectivity index (χ3v) is 3.65. The van der Waals surface area contributed by atoms with Gasteiger partial charge < -0.3 is 5.73 Å². The van der Waals surface area contributed by atoms with Crippen LogP contribution in [0.1, 0.15) is 0 Å². The van der Waals surface area contributed by atoms with E-state index in [2.05, 4.69) is 23.7 Å². The molecule has 6 nitrogen and oxygen atoms in total. The van der Waals surface area contributed by atoms with E-state index in [4.69, 9.17) is 5.73 Å². The minimum absolute atomic E-state index is 0.485. The molecule has 0 bridgehead atoms. The molecule has 3 aromatic heterocycles. The smallest absolute Gasteiger partial charge is 0.193 e. The second kappa shape index (κ2) is 4.17. The van der Waals surface area contributed by atoms with Crippen molar-refractivity contribution >= 4 is 39.6 Å². The van der Waals surface area contributed by atoms with Crippen molar-refractivity contribution in [2.45, 2.75) is 0 Å². The minimum atomic E-state index is 0.485. The predicted octanol–water partition coefficient (Wildman–Crippen LogP) is 2.28. The monoisotopic (exact) mass is 280 g/mol. The van der Waals surface area contributed by atoms with Gasteiger partial charge in [-0.25, -0.2) is 15.0 Å². The van der Waals surface area contributed by atoms with Gasteiger partial charge in [0.2, 0.25) is 0 Å². The molecule has 0 amide bonds. The maximum atomic E-state index is 5.83. The molecule has 0 saturated heterocycles. The Morgan fingerprint density at radius 2 is 1.80 bits per heavy atom. The van der Waals surface area contributed by atoms with Crippen molar-refractivity contribution in [1.29, 1.82) is 0 Å². The lowest BCUT2D eigenvalue weighted by Crippen LogP contribution is -1.93. The molecule has 0 spiro atoms. The summed E-state index contributed by atoms with van der Waals surface area (Å²) in [4.78, 5) is 12.5. The van der Waals surface area contributed by atoms with Crippen molar-refractivity contribution in [3.8, 4) is 11.1 Å². The minimum Gasteiger partial charge on any atom is -0.383 e. The molecule has 1 aromatic carbocycles. The van der Waals surface area contributed by atoms with E-state index < -0.39 is 0 Å². The Balaban J connectivity index is 1.92. The van der Waals surface area contributed by atoms with Gasteiger partial charge >= 0.3 is 0 Å². The number of nitrogens with two attached hydrogens (primary N) is 1. The normalized spacial score (nSPS) is 11.2. The van der Waals surface area contributed by atoms with Crippen LogP contribution in [-0.2, 0) is 0 Å². The molecule has 4 rings (SSSR count). The highest BCUT2D eigenvalue weighted by molar-refractivity contribution is 7.00. The number of anilines is 1. The largest absolute Gasteiger partial charge is 0.383 e. The fourth-order valence-electron chi connectivity index (χ4n) is 2.10. The van der Waals surface area contributed by atoms with Crippen molar-refractivity contribution in [2.24, 2.45) is 0 Å². The van der Waals surface area contributed by atoms with Crippen molar-refractivity contribution in [2.75, 3.05) is 5.73 Å². The molecule has 0 fully saturated rings. The lowest BCUT2D eigenvalue weighted by atomic mass is 10.1. The molecular formula is C13H8N6S. The van der Waals surface area contributed by atoms with E-state index in [0.29, 0.717) is 11.5 Å². The fourth-order valence-corrected chi connectivity index (χ4v) is 2.58. The summed E-state index contributed by atoms with van der Waals surface area (Å²) in [5.74, 6) is 0.485. The van der Waals surface area contributed by atoms with Gasteiger partial charge in [-0.05, 0) is 23.8 Å². The van der Waals surface area contributed by atoms with E-state index in [1.165, 1.54) is 6.33 Å². The highest BCUT2D eigenvalue weighted by atomic mass is 32.1. The van der Waals surface area contributed by atoms with Crippen LogP contribution in [0.4, 0.5) is 5.82 Å². The van der Waals surface area contributed by atoms with Crippen LogP contribution in [0.25, 0.3) is 33.2 Å². The SMILES string of the molecule is Nc1ncnc2cc(-c3cnc4nsnc4c3)ccc12. The number of fused-ring (bicyclic) bond motifs is 2. The van der Waals surface area contributed by atoms with E-state index in [-0.39, 0.29) is 0 Å². The summed E-state index contributed by atoms with van der Waals surface area (Å²) in [6, 6.07) is 7.84. The topological polar surface area (TPSA) is 90.5 Å². The first kappa shape index (κ1) is 11.2. The molecule has 0 aliphatic carbocycles. The number of benzene rings is 1. The molecule has 96 valence electrons. The number of aromatic nitrogens is 5. The van der Waals surface area contributed by atoms with Crippen molar-refractivity contribution in [3.63, 3.8) is 0 Å². The Bertz CT molecular complexity index is 932. The number of nitrogen functional groups attached to an aromatic ring is 1. The molecule has 2 N–H and O–H groups in total. The quantitative estimate of drug-likeness (QED) is 0.575. The van der Waals surface area contributed by atoms with Crippen molar-refractivity contribution in [3.05, 3.63) is 36.8 Å². The van der Waals surface area contributed by atoms with E-state index >= 15 is 0 Å². The van der Waals surface area contributed by atoms with Crippen molar-refractivity contribution < 1.29 is 0 Å². The molecule has 7 heteroatoms. The van der Waals surface area contributed by atoms with Crippen LogP contribution in [-0.4, -0.2) is 23.7 Å². The molecule has 4 aromatic rings. The summed E-state index contributed by atoms with van der Waals surface area (Å²) in [6.07, 6.45) is 3.25. The van der Waals surface area contributed by atoms with Gasteiger partial charge in [0.1, 0.15) is 17.7 Å². The third kappa shape index (κ3) is 1.68. The fraction of sp³-hybridized carbons (Fsp3) is 0. The molecular weight excluding hydrogens is 272 g/mol. The second-order valence-electron chi connectivity index (χ2n) is 4.32. The van der Waals surface area contributed by atoms with Gasteiger partial charge in [0.05, 0.1) is 17.2 Å². The molecule has 0 radical (unpaired) electrons. The standard InChI is InChI=1S/C13H8N6S/c14-12-9-2-1-7(3-10(9)16-6-17-12)8-4-11-13(15-5-8)19-20-18-11/h1-6H,(H2,14,16,17). The lowest BCUT2D eigenvalue weighted by molar-refractivity contribution is 1.23. The predicted molar refractivity (Wildman–Crippen MR) is 78.2 cm³/mol. The highest BCUT2D eigenvalue weighted by Crippen LogP contribution is 2.26. The van der Waals surface area contributed by atoms with Gasteiger partial charge in [-0.1, -0.05) is 6.07 Å². The maximum Gasteiger partial charge on any atom is 0.193 e. The average Bonchev–Trinajstić information content (AvgIpc) is 2.94. The Kier molecular flexibility index (Phi) is 2.33. The molecule has 20 heavy (non-hydrogen) atoms. The van der Waals surface area contributed by atoms with E-state index in [1.54, 1.807) is 6.20 Å². The maximum absolute atomic E-state index is 5.83. The van der Waals surface area contributed by atoms with E-state index in [0.717, 1.165) is 39.3 Å². The third-order valence-electron chi connectivity index (χ3n) is 3.11. The molecule has 0 aliphatic heterocycles. The van der Waals surface area contributed by atoms with Gasteiger partial charge in [-0.2, -0.15) is 8.75 Å². The number of nitrogens with zero attached hydrogens (tertiary/aromatic N) is 5. The first-order chi connectivity index (χ1) is 9.81. The van der Waals surface area contributed by atoms with Gasteiger partial charge in [-0.3, -0.25) is 0 Å². The van der Waals surface area contributed by atoms with E-state index in [1.807, 2.05) is 24.3 Å². The second-order valence-corrected chi connectivity index (χ2v) is 4.85. The summed E-state index contributed by atoms with van der Waals surface area (Å²) in [5, 5.41) is 0.848. The molecule has 0 aliphatic rings. The molecule has 0 saturated carbocycles. The van der Waals surface area contributed by atoms with Gasteiger partial charge in [-0.15, -0.1) is 0 Å². The Labute approximate surface area is 117 Å². The summed E-state index contributed by atoms with van der Waals surface area (Å²) in [7, 11) is 0. The number of rotatable bonds is 1. The molecule has 3 heterocycles. The number of pyridine rings is 1. The summed E-state index contributed by atoms with van der Waals surface area (Å²) in [6.45, 7) is 0. The first-order valence-electron chi connectivity index (χ1n) is 5.90. The molecule has 0 atom stereocenters. The van der Waals surface area contributed by atoms with Crippen LogP contribution in [0.15, 0.2) is 36.8 Å². The first-order valence-corrected chi connectivity index (χ1v) is 6.63. The highest BCUT2D eigenvalue weighted by Gasteiger charge is 2.06. The van der Waals surface area contributed by atoms with Gasteiger partial charge in [0, 0.05) is 17.1 Å². The van der Waals surface area contributed by atoms with Crippen LogP contribution in [0, 0.1) is 0 Å². The van der Waals surface area contributed by atoms with Crippen LogP contribution in [0.5, 0.6) is 0 Å². The summed E-state index contributed by atoms with van der Waals surface area (Å²) < 4.78 is 8.30. The van der Waals surface area contributed by atoms with Crippen molar-refractivity contribution in [1.82, 2.24) is 23.7 Å². The van der Waals surface area contributed by atoms with Crippen LogP contribution in [0.3, 0.4) is 0 Å². The van der Waals surface area contributed by atoms with Gasteiger partial charge in [0.15, 0.2) is 5.65 Å². The van der Waals surface area contributed by atoms with E-state index in [9.17, 15) is 0 Å². The number of hydrogen-bond acceptors (Lipinski definition) is 7. The van der Waals surface area contributed by atoms with Crippen LogP contribution >= 0.6 is 11.7 Å². The number of hydrogen-bond donors (Lipinski definition) is 1. The zero-order valence-corrected chi connectivity index (χ0v) is 11.0. The van der Waals surface area contributed by atoms with Gasteiger partial charge in [0.25, 0.3) is 0 Å².